The summed E-state index contributed by atoms with van der Waals surface area (Å²) in [5.74, 6) is -0.783. The van der Waals surface area contributed by atoms with E-state index in [0.29, 0.717) is 5.69 Å². The topological polar surface area (TPSA) is 81.7 Å². The number of anilines is 1. The summed E-state index contributed by atoms with van der Waals surface area (Å²) in [5.41, 5.74) is 0.638. The fraction of sp³-hybridized carbons (Fsp3) is 0.429. The highest BCUT2D eigenvalue weighted by Gasteiger charge is 2.28. The molecule has 0 aliphatic rings. The largest absolute Gasteiger partial charge is 0.405 e. The second kappa shape index (κ2) is 8.37. The van der Waals surface area contributed by atoms with E-state index in [4.69, 9.17) is 0 Å². The SMILES string of the molecule is C[C@@H](O)CN(CC(=O)NC(=O)NCC(F)(F)F)c1ccccc1. The first-order valence-corrected chi connectivity index (χ1v) is 6.80. The summed E-state index contributed by atoms with van der Waals surface area (Å²) in [6.07, 6.45) is -5.29. The second-order valence-electron chi connectivity index (χ2n) is 4.91. The van der Waals surface area contributed by atoms with Crippen LogP contribution in [0.1, 0.15) is 6.92 Å². The van der Waals surface area contributed by atoms with Crippen LogP contribution < -0.4 is 15.5 Å². The van der Waals surface area contributed by atoms with Crippen LogP contribution in [0.2, 0.25) is 0 Å². The number of hydrogen-bond acceptors (Lipinski definition) is 4. The summed E-state index contributed by atoms with van der Waals surface area (Å²) in [6.45, 7) is -0.151. The van der Waals surface area contributed by atoms with Gasteiger partial charge in [-0.2, -0.15) is 13.2 Å². The highest BCUT2D eigenvalue weighted by molar-refractivity contribution is 5.96. The molecule has 9 heteroatoms. The lowest BCUT2D eigenvalue weighted by Crippen LogP contribution is -2.47. The first kappa shape index (κ1) is 18.8. The third-order valence-corrected chi connectivity index (χ3v) is 2.64. The van der Waals surface area contributed by atoms with Crippen molar-refractivity contribution in [2.45, 2.75) is 19.2 Å². The van der Waals surface area contributed by atoms with Crippen LogP contribution in [0.3, 0.4) is 0 Å². The van der Waals surface area contributed by atoms with Crippen LogP contribution in [0.5, 0.6) is 0 Å². The van der Waals surface area contributed by atoms with Gasteiger partial charge >= 0.3 is 12.2 Å². The molecule has 0 radical (unpaired) electrons. The maximum atomic E-state index is 12.0. The number of amides is 3. The summed E-state index contributed by atoms with van der Waals surface area (Å²) < 4.78 is 35.9. The van der Waals surface area contributed by atoms with Crippen molar-refractivity contribution in [1.82, 2.24) is 10.6 Å². The Morgan fingerprint density at radius 2 is 1.87 bits per heavy atom. The number of carbonyl (C=O) groups is 2. The van der Waals surface area contributed by atoms with Gasteiger partial charge in [0.2, 0.25) is 5.91 Å². The predicted octanol–water partition coefficient (Wildman–Crippen LogP) is 1.26. The zero-order chi connectivity index (χ0) is 17.5. The number of benzene rings is 1. The first-order chi connectivity index (χ1) is 10.7. The van der Waals surface area contributed by atoms with Crippen LogP contribution in [0.25, 0.3) is 0 Å². The number of hydrogen-bond donors (Lipinski definition) is 3. The molecule has 1 rings (SSSR count). The van der Waals surface area contributed by atoms with Crippen molar-refractivity contribution in [3.8, 4) is 0 Å². The molecular formula is C14H18F3N3O3. The molecule has 128 valence electrons. The molecule has 1 aromatic rings. The number of imide groups is 1. The van der Waals surface area contributed by atoms with E-state index in [2.05, 4.69) is 0 Å². The Balaban J connectivity index is 2.58. The third-order valence-electron chi connectivity index (χ3n) is 2.64. The van der Waals surface area contributed by atoms with E-state index in [9.17, 15) is 27.9 Å². The van der Waals surface area contributed by atoms with Gasteiger partial charge in [0.25, 0.3) is 0 Å². The van der Waals surface area contributed by atoms with Gasteiger partial charge in [0, 0.05) is 12.2 Å². The molecule has 0 fully saturated rings. The van der Waals surface area contributed by atoms with Crippen LogP contribution >= 0.6 is 0 Å². The lowest BCUT2D eigenvalue weighted by Gasteiger charge is -2.25. The van der Waals surface area contributed by atoms with Gasteiger partial charge in [-0.15, -0.1) is 0 Å². The quantitative estimate of drug-likeness (QED) is 0.732. The standard InChI is InChI=1S/C14H18F3N3O3/c1-10(21)7-20(11-5-3-2-4-6-11)8-12(22)19-13(23)18-9-14(15,16)17/h2-6,10,21H,7-9H2,1H3,(H2,18,19,22,23)/t10-/m1/s1. The molecule has 0 aromatic heterocycles. The number of para-hydroxylation sites is 1. The Labute approximate surface area is 131 Å². The van der Waals surface area contributed by atoms with Crippen LogP contribution in [0.4, 0.5) is 23.7 Å². The second-order valence-corrected chi connectivity index (χ2v) is 4.91. The summed E-state index contributed by atoms with van der Waals surface area (Å²) in [5, 5.41) is 12.8. The van der Waals surface area contributed by atoms with Crippen LogP contribution in [-0.2, 0) is 4.79 Å². The Bertz CT molecular complexity index is 521. The number of carbonyl (C=O) groups excluding carboxylic acids is 2. The minimum atomic E-state index is -4.55. The van der Waals surface area contributed by atoms with Gasteiger partial charge in [-0.05, 0) is 19.1 Å². The molecule has 0 spiro atoms. The molecule has 0 aliphatic carbocycles. The molecule has 0 saturated carbocycles. The maximum Gasteiger partial charge on any atom is 0.405 e. The number of rotatable bonds is 6. The molecule has 0 heterocycles. The minimum Gasteiger partial charge on any atom is -0.392 e. The van der Waals surface area contributed by atoms with E-state index in [-0.39, 0.29) is 13.1 Å². The number of urea groups is 1. The molecule has 0 saturated heterocycles. The Hall–Kier alpha value is -2.29. The zero-order valence-corrected chi connectivity index (χ0v) is 12.4. The predicted molar refractivity (Wildman–Crippen MR) is 77.9 cm³/mol. The van der Waals surface area contributed by atoms with E-state index in [1.807, 2.05) is 5.32 Å². The van der Waals surface area contributed by atoms with Crippen molar-refractivity contribution in [2.75, 3.05) is 24.5 Å². The average molecular weight is 333 g/mol. The number of nitrogens with one attached hydrogen (secondary N) is 2. The van der Waals surface area contributed by atoms with Crippen molar-refractivity contribution in [1.29, 1.82) is 0 Å². The Kier molecular flexibility index (Phi) is 6.83. The van der Waals surface area contributed by atoms with Crippen molar-refractivity contribution in [3.63, 3.8) is 0 Å². The van der Waals surface area contributed by atoms with E-state index in [1.165, 1.54) is 11.8 Å². The lowest BCUT2D eigenvalue weighted by atomic mass is 10.2. The van der Waals surface area contributed by atoms with Crippen molar-refractivity contribution < 1.29 is 27.9 Å². The monoisotopic (exact) mass is 333 g/mol. The van der Waals surface area contributed by atoms with Gasteiger partial charge in [0.15, 0.2) is 0 Å². The highest BCUT2D eigenvalue weighted by atomic mass is 19.4. The Morgan fingerprint density at radius 1 is 1.26 bits per heavy atom. The lowest BCUT2D eigenvalue weighted by molar-refractivity contribution is -0.124. The van der Waals surface area contributed by atoms with Gasteiger partial charge in [-0.1, -0.05) is 18.2 Å². The fourth-order valence-corrected chi connectivity index (χ4v) is 1.78. The van der Waals surface area contributed by atoms with E-state index in [1.54, 1.807) is 35.6 Å². The van der Waals surface area contributed by atoms with Crippen LogP contribution in [0.15, 0.2) is 30.3 Å². The number of halogens is 3. The summed E-state index contributed by atoms with van der Waals surface area (Å²) in [7, 11) is 0. The minimum absolute atomic E-state index is 0.127. The molecule has 6 nitrogen and oxygen atoms in total. The molecule has 3 N–H and O–H groups in total. The normalized spacial score (nSPS) is 12.4. The third kappa shape index (κ3) is 8.05. The van der Waals surface area contributed by atoms with E-state index in [0.717, 1.165) is 0 Å². The van der Waals surface area contributed by atoms with Crippen molar-refractivity contribution in [3.05, 3.63) is 30.3 Å². The molecule has 0 bridgehead atoms. The van der Waals surface area contributed by atoms with Crippen molar-refractivity contribution >= 4 is 17.6 Å². The molecule has 23 heavy (non-hydrogen) atoms. The fourth-order valence-electron chi connectivity index (χ4n) is 1.78. The van der Waals surface area contributed by atoms with Crippen LogP contribution in [0, 0.1) is 0 Å². The van der Waals surface area contributed by atoms with Gasteiger partial charge in [-0.25, -0.2) is 4.79 Å². The number of aliphatic hydroxyl groups is 1. The van der Waals surface area contributed by atoms with Gasteiger partial charge in [0.05, 0.1) is 12.6 Å². The summed E-state index contributed by atoms with van der Waals surface area (Å²) in [4.78, 5) is 24.5. The van der Waals surface area contributed by atoms with Gasteiger partial charge in [-0.3, -0.25) is 10.1 Å². The van der Waals surface area contributed by atoms with Gasteiger partial charge in [0.1, 0.15) is 6.54 Å². The number of nitrogens with zero attached hydrogens (tertiary/aromatic N) is 1. The van der Waals surface area contributed by atoms with E-state index >= 15 is 0 Å². The Morgan fingerprint density at radius 3 is 2.39 bits per heavy atom. The van der Waals surface area contributed by atoms with E-state index < -0.39 is 30.8 Å². The highest BCUT2D eigenvalue weighted by Crippen LogP contribution is 2.13. The molecule has 0 unspecified atom stereocenters. The van der Waals surface area contributed by atoms with Crippen molar-refractivity contribution in [2.24, 2.45) is 0 Å². The number of aliphatic hydroxyl groups excluding tert-OH is 1. The molecule has 1 aromatic carbocycles. The molecule has 1 atom stereocenters. The zero-order valence-electron chi connectivity index (χ0n) is 12.4. The number of alkyl halides is 3. The molecular weight excluding hydrogens is 315 g/mol. The smallest absolute Gasteiger partial charge is 0.392 e. The summed E-state index contributed by atoms with van der Waals surface area (Å²) in [6, 6.07) is 7.43. The molecule has 3 amide bonds. The van der Waals surface area contributed by atoms with Crippen LogP contribution in [-0.4, -0.2) is 49.0 Å². The summed E-state index contributed by atoms with van der Waals surface area (Å²) >= 11 is 0. The molecule has 0 aliphatic heterocycles. The maximum absolute atomic E-state index is 12.0. The average Bonchev–Trinajstić information content (AvgIpc) is 2.44. The first-order valence-electron chi connectivity index (χ1n) is 6.80. The van der Waals surface area contributed by atoms with Gasteiger partial charge < -0.3 is 15.3 Å².